The Morgan fingerprint density at radius 2 is 1.74 bits per heavy atom. The number of rotatable bonds is 3. The Bertz CT molecular complexity index is 573. The van der Waals surface area contributed by atoms with E-state index < -0.39 is 0 Å². The van der Waals surface area contributed by atoms with E-state index in [9.17, 15) is 0 Å². The molecule has 19 heavy (non-hydrogen) atoms. The third-order valence-electron chi connectivity index (χ3n) is 3.50. The summed E-state index contributed by atoms with van der Waals surface area (Å²) in [4.78, 5) is 8.73. The van der Waals surface area contributed by atoms with Crippen molar-refractivity contribution in [1.29, 1.82) is 0 Å². The number of nitrogens with zero attached hydrogens (tertiary/aromatic N) is 2. The first-order valence-corrected chi connectivity index (χ1v) is 6.93. The second-order valence-electron chi connectivity index (χ2n) is 5.43. The molecule has 0 unspecified atom stereocenters. The summed E-state index contributed by atoms with van der Waals surface area (Å²) in [6, 6.07) is 7.07. The highest BCUT2D eigenvalue weighted by Gasteiger charge is 2.11. The predicted molar refractivity (Wildman–Crippen MR) is 78.3 cm³/mol. The van der Waals surface area contributed by atoms with Gasteiger partial charge in [-0.1, -0.05) is 18.2 Å². The van der Waals surface area contributed by atoms with Gasteiger partial charge in [0.15, 0.2) is 0 Å². The smallest absolute Gasteiger partial charge is 0.222 e. The average molecular weight is 253 g/mol. The summed E-state index contributed by atoms with van der Waals surface area (Å²) in [6.07, 6.45) is 7.51. The molecule has 0 saturated heterocycles. The highest BCUT2D eigenvalue weighted by atomic mass is 15.1. The summed E-state index contributed by atoms with van der Waals surface area (Å²) < 4.78 is 0. The first kappa shape index (κ1) is 12.2. The predicted octanol–water partition coefficient (Wildman–Crippen LogP) is 3.45. The van der Waals surface area contributed by atoms with Crippen molar-refractivity contribution in [3.8, 4) is 11.1 Å². The lowest BCUT2D eigenvalue weighted by Crippen LogP contribution is -2.12. The summed E-state index contributed by atoms with van der Waals surface area (Å²) in [5.41, 5.74) is 5.30. The standard InChI is InChI=1S/C16H19N3/c1-11(2)19-16-17-9-15(10-18-16)14-7-6-12-4-3-5-13(12)8-14/h6-11H,3-5H2,1-2H3,(H,17,18,19). The van der Waals surface area contributed by atoms with Gasteiger partial charge in [0.1, 0.15) is 0 Å². The van der Waals surface area contributed by atoms with Crippen LogP contribution in [0.5, 0.6) is 0 Å². The number of nitrogens with one attached hydrogen (secondary N) is 1. The van der Waals surface area contributed by atoms with Crippen LogP contribution < -0.4 is 5.32 Å². The third-order valence-corrected chi connectivity index (χ3v) is 3.50. The van der Waals surface area contributed by atoms with Gasteiger partial charge in [-0.05, 0) is 49.8 Å². The van der Waals surface area contributed by atoms with Crippen LogP contribution in [0.1, 0.15) is 31.4 Å². The molecule has 2 aromatic rings. The molecule has 1 N–H and O–H groups in total. The van der Waals surface area contributed by atoms with Crippen LogP contribution in [0.3, 0.4) is 0 Å². The zero-order valence-electron chi connectivity index (χ0n) is 11.5. The van der Waals surface area contributed by atoms with Gasteiger partial charge in [0.2, 0.25) is 5.95 Å². The molecule has 1 aliphatic rings. The Hall–Kier alpha value is -1.90. The highest BCUT2D eigenvalue weighted by molar-refractivity contribution is 5.64. The molecular weight excluding hydrogens is 234 g/mol. The molecule has 1 aromatic carbocycles. The van der Waals surface area contributed by atoms with Crippen LogP contribution in [-0.4, -0.2) is 16.0 Å². The summed E-state index contributed by atoms with van der Waals surface area (Å²) in [7, 11) is 0. The second-order valence-corrected chi connectivity index (χ2v) is 5.43. The highest BCUT2D eigenvalue weighted by Crippen LogP contribution is 2.27. The molecule has 0 fully saturated rings. The average Bonchev–Trinajstić information content (AvgIpc) is 2.86. The Labute approximate surface area is 114 Å². The molecule has 0 saturated carbocycles. The van der Waals surface area contributed by atoms with E-state index in [1.165, 1.54) is 36.0 Å². The normalized spacial score (nSPS) is 13.6. The molecule has 0 radical (unpaired) electrons. The van der Waals surface area contributed by atoms with Gasteiger partial charge in [0.05, 0.1) is 0 Å². The molecule has 1 aliphatic carbocycles. The molecule has 0 amide bonds. The maximum Gasteiger partial charge on any atom is 0.222 e. The molecule has 3 heteroatoms. The number of aromatic nitrogens is 2. The summed E-state index contributed by atoms with van der Waals surface area (Å²) in [5.74, 6) is 0.694. The van der Waals surface area contributed by atoms with Gasteiger partial charge in [-0.3, -0.25) is 0 Å². The first-order valence-electron chi connectivity index (χ1n) is 6.93. The maximum absolute atomic E-state index is 4.37. The summed E-state index contributed by atoms with van der Waals surface area (Å²) >= 11 is 0. The van der Waals surface area contributed by atoms with Crippen molar-refractivity contribution in [2.45, 2.75) is 39.2 Å². The minimum absolute atomic E-state index is 0.353. The van der Waals surface area contributed by atoms with E-state index in [1.54, 1.807) is 0 Å². The molecule has 1 heterocycles. The molecule has 0 spiro atoms. The minimum Gasteiger partial charge on any atom is -0.352 e. The van der Waals surface area contributed by atoms with Gasteiger partial charge >= 0.3 is 0 Å². The van der Waals surface area contributed by atoms with Gasteiger partial charge in [-0.2, -0.15) is 0 Å². The zero-order chi connectivity index (χ0) is 13.2. The molecule has 0 atom stereocenters. The van der Waals surface area contributed by atoms with Crippen molar-refractivity contribution >= 4 is 5.95 Å². The van der Waals surface area contributed by atoms with Gasteiger partial charge in [-0.15, -0.1) is 0 Å². The number of hydrogen-bond acceptors (Lipinski definition) is 3. The van der Waals surface area contributed by atoms with Gasteiger partial charge < -0.3 is 5.32 Å². The van der Waals surface area contributed by atoms with E-state index in [-0.39, 0.29) is 0 Å². The third kappa shape index (κ3) is 2.60. The maximum atomic E-state index is 4.37. The van der Waals surface area contributed by atoms with Crippen LogP contribution in [0.2, 0.25) is 0 Å². The van der Waals surface area contributed by atoms with E-state index in [1.807, 2.05) is 12.4 Å². The number of benzene rings is 1. The van der Waals surface area contributed by atoms with Crippen LogP contribution in [0, 0.1) is 0 Å². The number of aryl methyl sites for hydroxylation is 2. The molecule has 0 bridgehead atoms. The summed E-state index contributed by atoms with van der Waals surface area (Å²) in [6.45, 7) is 4.16. The van der Waals surface area contributed by atoms with Crippen LogP contribution in [0.4, 0.5) is 5.95 Å². The van der Waals surface area contributed by atoms with Crippen molar-refractivity contribution in [1.82, 2.24) is 9.97 Å². The number of anilines is 1. The van der Waals surface area contributed by atoms with Gasteiger partial charge in [-0.25, -0.2) is 9.97 Å². The quantitative estimate of drug-likeness (QED) is 0.910. The number of hydrogen-bond donors (Lipinski definition) is 1. The number of fused-ring (bicyclic) bond motifs is 1. The van der Waals surface area contributed by atoms with Crippen molar-refractivity contribution in [2.75, 3.05) is 5.32 Å². The lowest BCUT2D eigenvalue weighted by molar-refractivity contribution is 0.874. The van der Waals surface area contributed by atoms with Crippen LogP contribution in [0.15, 0.2) is 30.6 Å². The Kier molecular flexibility index (Phi) is 3.20. The lowest BCUT2D eigenvalue weighted by atomic mass is 10.0. The topological polar surface area (TPSA) is 37.8 Å². The first-order chi connectivity index (χ1) is 9.22. The molecular formula is C16H19N3. The van der Waals surface area contributed by atoms with Crippen LogP contribution >= 0.6 is 0 Å². The SMILES string of the molecule is CC(C)Nc1ncc(-c2ccc3c(c2)CCC3)cn1. The second kappa shape index (κ2) is 5.00. The van der Waals surface area contributed by atoms with E-state index in [0.29, 0.717) is 12.0 Å². The Morgan fingerprint density at radius 1 is 1.00 bits per heavy atom. The molecule has 3 rings (SSSR count). The minimum atomic E-state index is 0.353. The van der Waals surface area contributed by atoms with Crippen molar-refractivity contribution in [3.05, 3.63) is 41.7 Å². The van der Waals surface area contributed by atoms with E-state index in [2.05, 4.69) is 47.3 Å². The van der Waals surface area contributed by atoms with Gasteiger partial charge in [0.25, 0.3) is 0 Å². The fourth-order valence-electron chi connectivity index (χ4n) is 2.56. The summed E-state index contributed by atoms with van der Waals surface area (Å²) in [5, 5.41) is 3.20. The van der Waals surface area contributed by atoms with E-state index in [0.717, 1.165) is 5.56 Å². The van der Waals surface area contributed by atoms with Crippen molar-refractivity contribution in [3.63, 3.8) is 0 Å². The van der Waals surface area contributed by atoms with Crippen molar-refractivity contribution in [2.24, 2.45) is 0 Å². The van der Waals surface area contributed by atoms with E-state index >= 15 is 0 Å². The zero-order valence-corrected chi connectivity index (χ0v) is 11.5. The molecule has 0 aliphatic heterocycles. The fourth-order valence-corrected chi connectivity index (χ4v) is 2.56. The van der Waals surface area contributed by atoms with Gasteiger partial charge in [0, 0.05) is 24.0 Å². The van der Waals surface area contributed by atoms with E-state index in [4.69, 9.17) is 0 Å². The Balaban J connectivity index is 1.86. The fraction of sp³-hybridized carbons (Fsp3) is 0.375. The van der Waals surface area contributed by atoms with Crippen molar-refractivity contribution < 1.29 is 0 Å². The molecule has 98 valence electrons. The Morgan fingerprint density at radius 3 is 2.47 bits per heavy atom. The lowest BCUT2D eigenvalue weighted by Gasteiger charge is -2.09. The monoisotopic (exact) mass is 253 g/mol. The van der Waals surface area contributed by atoms with Crippen LogP contribution in [-0.2, 0) is 12.8 Å². The largest absolute Gasteiger partial charge is 0.352 e. The molecule has 1 aromatic heterocycles. The van der Waals surface area contributed by atoms with Crippen LogP contribution in [0.25, 0.3) is 11.1 Å². The molecule has 3 nitrogen and oxygen atoms in total.